The highest BCUT2D eigenvalue weighted by atomic mass is 19.1. The number of amides is 1. The van der Waals surface area contributed by atoms with Gasteiger partial charge in [0, 0.05) is 18.8 Å². The molecule has 0 bridgehead atoms. The van der Waals surface area contributed by atoms with E-state index < -0.39 is 11.7 Å². The number of hydrogen-bond acceptors (Lipinski definition) is 3. The van der Waals surface area contributed by atoms with Gasteiger partial charge < -0.3 is 11.1 Å². The van der Waals surface area contributed by atoms with Crippen LogP contribution in [-0.4, -0.2) is 23.5 Å². The summed E-state index contributed by atoms with van der Waals surface area (Å²) in [6, 6.07) is 1.25. The number of carbonyl (C=O) groups is 1. The highest BCUT2D eigenvalue weighted by Crippen LogP contribution is 2.11. The molecule has 0 aliphatic rings. The zero-order valence-electron chi connectivity index (χ0n) is 10.8. The fourth-order valence-electron chi connectivity index (χ4n) is 1.93. The highest BCUT2D eigenvalue weighted by Gasteiger charge is 2.16. The SMILES string of the molecule is CCC(CC)C(N)CNC(=O)c1ccncc1F. The van der Waals surface area contributed by atoms with E-state index in [1.165, 1.54) is 12.3 Å². The normalized spacial score (nSPS) is 12.5. The Hall–Kier alpha value is -1.49. The minimum absolute atomic E-state index is 0.00162. The molecule has 1 heterocycles. The molecule has 0 aliphatic carbocycles. The average molecular weight is 253 g/mol. The summed E-state index contributed by atoms with van der Waals surface area (Å²) < 4.78 is 13.3. The second kappa shape index (κ2) is 7.06. The van der Waals surface area contributed by atoms with Crippen LogP contribution in [0.25, 0.3) is 0 Å². The minimum Gasteiger partial charge on any atom is -0.350 e. The van der Waals surface area contributed by atoms with E-state index in [1.807, 2.05) is 0 Å². The monoisotopic (exact) mass is 253 g/mol. The fraction of sp³-hybridized carbons (Fsp3) is 0.538. The van der Waals surface area contributed by atoms with E-state index in [2.05, 4.69) is 24.1 Å². The maximum absolute atomic E-state index is 13.3. The third kappa shape index (κ3) is 3.77. The molecule has 100 valence electrons. The van der Waals surface area contributed by atoms with Crippen molar-refractivity contribution in [3.8, 4) is 0 Å². The third-order valence-electron chi connectivity index (χ3n) is 3.17. The summed E-state index contributed by atoms with van der Waals surface area (Å²) in [4.78, 5) is 15.3. The van der Waals surface area contributed by atoms with Crippen LogP contribution in [-0.2, 0) is 0 Å². The average Bonchev–Trinajstić information content (AvgIpc) is 2.38. The van der Waals surface area contributed by atoms with Gasteiger partial charge in [-0.1, -0.05) is 26.7 Å². The smallest absolute Gasteiger partial charge is 0.254 e. The summed E-state index contributed by atoms with van der Waals surface area (Å²) in [7, 11) is 0. The number of aromatic nitrogens is 1. The van der Waals surface area contributed by atoms with E-state index in [-0.39, 0.29) is 11.6 Å². The van der Waals surface area contributed by atoms with Gasteiger partial charge >= 0.3 is 0 Å². The number of hydrogen-bond donors (Lipinski definition) is 2. The number of rotatable bonds is 6. The molecule has 0 radical (unpaired) electrons. The van der Waals surface area contributed by atoms with Gasteiger partial charge in [-0.3, -0.25) is 9.78 Å². The first-order valence-corrected chi connectivity index (χ1v) is 6.23. The number of nitrogens with one attached hydrogen (secondary N) is 1. The molecule has 1 amide bonds. The molecule has 3 N–H and O–H groups in total. The summed E-state index contributed by atoms with van der Waals surface area (Å²) in [6.45, 7) is 4.49. The van der Waals surface area contributed by atoms with Gasteiger partial charge in [0.15, 0.2) is 5.82 Å². The Kier molecular flexibility index (Phi) is 5.71. The summed E-state index contributed by atoms with van der Waals surface area (Å²) in [5, 5.41) is 2.66. The molecule has 0 saturated carbocycles. The van der Waals surface area contributed by atoms with Gasteiger partial charge in [-0.05, 0) is 12.0 Å². The van der Waals surface area contributed by atoms with Crippen molar-refractivity contribution in [2.45, 2.75) is 32.7 Å². The maximum atomic E-state index is 13.3. The van der Waals surface area contributed by atoms with Crippen LogP contribution < -0.4 is 11.1 Å². The van der Waals surface area contributed by atoms with Gasteiger partial charge in [0.1, 0.15) is 0 Å². The molecule has 4 nitrogen and oxygen atoms in total. The molecule has 1 atom stereocenters. The van der Waals surface area contributed by atoms with Crippen molar-refractivity contribution in [3.05, 3.63) is 29.8 Å². The van der Waals surface area contributed by atoms with Gasteiger partial charge in [0.2, 0.25) is 0 Å². The van der Waals surface area contributed by atoms with E-state index in [0.29, 0.717) is 12.5 Å². The quantitative estimate of drug-likeness (QED) is 0.811. The topological polar surface area (TPSA) is 68.0 Å². The van der Waals surface area contributed by atoms with E-state index in [4.69, 9.17) is 5.73 Å². The summed E-state index contributed by atoms with van der Waals surface area (Å²) in [5.74, 6) is -0.699. The second-order valence-electron chi connectivity index (χ2n) is 4.31. The molecule has 0 aromatic carbocycles. The molecule has 18 heavy (non-hydrogen) atoms. The Bertz CT molecular complexity index is 394. The molecule has 0 fully saturated rings. The maximum Gasteiger partial charge on any atom is 0.254 e. The molecule has 0 saturated heterocycles. The lowest BCUT2D eigenvalue weighted by atomic mass is 9.95. The van der Waals surface area contributed by atoms with Gasteiger partial charge in [-0.25, -0.2) is 4.39 Å². The molecule has 0 spiro atoms. The van der Waals surface area contributed by atoms with Gasteiger partial charge in [0.05, 0.1) is 11.8 Å². The molecular formula is C13H20FN3O. The molecule has 0 aliphatic heterocycles. The first-order chi connectivity index (χ1) is 8.60. The predicted octanol–water partition coefficient (Wildman–Crippen LogP) is 1.71. The lowest BCUT2D eigenvalue weighted by molar-refractivity contribution is 0.0943. The number of halogens is 1. The molecule has 1 unspecified atom stereocenters. The third-order valence-corrected chi connectivity index (χ3v) is 3.17. The molecule has 1 aromatic rings. The zero-order valence-corrected chi connectivity index (χ0v) is 10.8. The lowest BCUT2D eigenvalue weighted by Crippen LogP contribution is -2.42. The lowest BCUT2D eigenvalue weighted by Gasteiger charge is -2.21. The minimum atomic E-state index is -0.619. The van der Waals surface area contributed by atoms with Gasteiger partial charge in [-0.2, -0.15) is 0 Å². The standard InChI is InChI=1S/C13H20FN3O/c1-3-9(4-2)12(15)8-17-13(18)10-5-6-16-7-11(10)14/h5-7,9,12H,3-4,8,15H2,1-2H3,(H,17,18). The Balaban J connectivity index is 2.54. The van der Waals surface area contributed by atoms with Gasteiger partial charge in [0.25, 0.3) is 5.91 Å². The van der Waals surface area contributed by atoms with Crippen LogP contribution in [0.3, 0.4) is 0 Å². The van der Waals surface area contributed by atoms with Crippen LogP contribution in [0.2, 0.25) is 0 Å². The largest absolute Gasteiger partial charge is 0.350 e. The molecule has 1 aromatic heterocycles. The van der Waals surface area contributed by atoms with Crippen molar-refractivity contribution >= 4 is 5.91 Å². The molecule has 5 heteroatoms. The van der Waals surface area contributed by atoms with Crippen molar-refractivity contribution in [1.29, 1.82) is 0 Å². The van der Waals surface area contributed by atoms with Crippen LogP contribution in [0.5, 0.6) is 0 Å². The number of nitrogens with two attached hydrogens (primary N) is 1. The first kappa shape index (κ1) is 14.6. The first-order valence-electron chi connectivity index (χ1n) is 6.23. The highest BCUT2D eigenvalue weighted by molar-refractivity contribution is 5.94. The Morgan fingerprint density at radius 1 is 1.50 bits per heavy atom. The number of pyridine rings is 1. The van der Waals surface area contributed by atoms with E-state index >= 15 is 0 Å². The van der Waals surface area contributed by atoms with Crippen LogP contribution in [0, 0.1) is 11.7 Å². The Morgan fingerprint density at radius 2 is 2.17 bits per heavy atom. The summed E-state index contributed by atoms with van der Waals surface area (Å²) in [6.07, 6.45) is 4.35. The second-order valence-corrected chi connectivity index (χ2v) is 4.31. The van der Waals surface area contributed by atoms with Crippen molar-refractivity contribution in [2.24, 2.45) is 11.7 Å². The number of nitrogens with zero attached hydrogens (tertiary/aromatic N) is 1. The van der Waals surface area contributed by atoms with E-state index in [0.717, 1.165) is 19.0 Å². The fourth-order valence-corrected chi connectivity index (χ4v) is 1.93. The van der Waals surface area contributed by atoms with Gasteiger partial charge in [-0.15, -0.1) is 0 Å². The van der Waals surface area contributed by atoms with Crippen LogP contribution in [0.1, 0.15) is 37.0 Å². The van der Waals surface area contributed by atoms with Crippen LogP contribution in [0.4, 0.5) is 4.39 Å². The number of carbonyl (C=O) groups excluding carboxylic acids is 1. The van der Waals surface area contributed by atoms with Crippen molar-refractivity contribution in [2.75, 3.05) is 6.54 Å². The Morgan fingerprint density at radius 3 is 2.72 bits per heavy atom. The summed E-state index contributed by atoms with van der Waals surface area (Å²) >= 11 is 0. The van der Waals surface area contributed by atoms with E-state index in [1.54, 1.807) is 0 Å². The zero-order chi connectivity index (χ0) is 13.5. The van der Waals surface area contributed by atoms with E-state index in [9.17, 15) is 9.18 Å². The van der Waals surface area contributed by atoms with Crippen LogP contribution in [0.15, 0.2) is 18.5 Å². The molecular weight excluding hydrogens is 233 g/mol. The Labute approximate surface area is 107 Å². The van der Waals surface area contributed by atoms with Crippen molar-refractivity contribution in [3.63, 3.8) is 0 Å². The summed E-state index contributed by atoms with van der Waals surface area (Å²) in [5.41, 5.74) is 5.98. The van der Waals surface area contributed by atoms with Crippen molar-refractivity contribution < 1.29 is 9.18 Å². The van der Waals surface area contributed by atoms with Crippen molar-refractivity contribution in [1.82, 2.24) is 10.3 Å². The molecule has 1 rings (SSSR count). The predicted molar refractivity (Wildman–Crippen MR) is 68.6 cm³/mol. The van der Waals surface area contributed by atoms with Crippen LogP contribution >= 0.6 is 0 Å².